The van der Waals surface area contributed by atoms with E-state index < -0.39 is 5.97 Å². The van der Waals surface area contributed by atoms with Crippen molar-refractivity contribution in [3.05, 3.63) is 64.3 Å². The number of nitrogens with zero attached hydrogens (tertiary/aromatic N) is 1. The van der Waals surface area contributed by atoms with Crippen LogP contribution in [-0.2, 0) is 11.2 Å². The molecule has 3 aromatic rings. The van der Waals surface area contributed by atoms with E-state index in [2.05, 4.69) is 0 Å². The van der Waals surface area contributed by atoms with Gasteiger partial charge in [0.2, 0.25) is 0 Å². The maximum absolute atomic E-state index is 12.4. The number of fused-ring (bicyclic) bond motifs is 1. The number of rotatable bonds is 7. The Bertz CT molecular complexity index is 1010. The zero-order valence-electron chi connectivity index (χ0n) is 15.3. The minimum absolute atomic E-state index is 0.204. The van der Waals surface area contributed by atoms with E-state index in [0.29, 0.717) is 28.9 Å². The summed E-state index contributed by atoms with van der Waals surface area (Å²) in [6, 6.07) is 13.6. The van der Waals surface area contributed by atoms with Gasteiger partial charge in [-0.1, -0.05) is 12.1 Å². The van der Waals surface area contributed by atoms with Crippen LogP contribution >= 0.6 is 0 Å². The summed E-state index contributed by atoms with van der Waals surface area (Å²) in [4.78, 5) is 25.6. The van der Waals surface area contributed by atoms with Crippen molar-refractivity contribution in [3.8, 4) is 17.1 Å². The molecule has 27 heavy (non-hydrogen) atoms. The van der Waals surface area contributed by atoms with Crippen molar-refractivity contribution in [2.75, 3.05) is 27.2 Å². The molecule has 1 aromatic heterocycles. The molecule has 0 aliphatic carbocycles. The second-order valence-electron chi connectivity index (χ2n) is 6.52. The molecule has 0 aliphatic heterocycles. The molecule has 0 atom stereocenters. The van der Waals surface area contributed by atoms with Crippen LogP contribution in [0.15, 0.2) is 57.7 Å². The SMILES string of the molecule is CN(C)CCOc1ccc(-c2cc(=O)c3cccc(CC(=O)O)c3o2)cc1. The lowest BCUT2D eigenvalue weighted by molar-refractivity contribution is -0.136. The van der Waals surface area contributed by atoms with Gasteiger partial charge in [-0.25, -0.2) is 0 Å². The van der Waals surface area contributed by atoms with E-state index in [4.69, 9.17) is 14.3 Å². The Labute approximate surface area is 156 Å². The van der Waals surface area contributed by atoms with Crippen molar-refractivity contribution in [2.45, 2.75) is 6.42 Å². The first-order valence-corrected chi connectivity index (χ1v) is 8.59. The Kier molecular flexibility index (Phi) is 5.57. The highest BCUT2D eigenvalue weighted by Gasteiger charge is 2.12. The molecule has 1 N–H and O–H groups in total. The van der Waals surface area contributed by atoms with Crippen molar-refractivity contribution in [1.29, 1.82) is 0 Å². The van der Waals surface area contributed by atoms with Crippen LogP contribution in [0.25, 0.3) is 22.3 Å². The summed E-state index contributed by atoms with van der Waals surface area (Å²) in [7, 11) is 3.96. The fourth-order valence-corrected chi connectivity index (χ4v) is 2.74. The Hall–Kier alpha value is -3.12. The highest BCUT2D eigenvalue weighted by atomic mass is 16.5. The van der Waals surface area contributed by atoms with Crippen molar-refractivity contribution >= 4 is 16.9 Å². The molecular weight excluding hydrogens is 346 g/mol. The molecule has 0 spiro atoms. The first kappa shape index (κ1) is 18.7. The predicted octanol–water partition coefficient (Wildman–Crippen LogP) is 3.03. The molecule has 0 bridgehead atoms. The van der Waals surface area contributed by atoms with E-state index in [1.54, 1.807) is 18.2 Å². The number of likely N-dealkylation sites (N-methyl/N-ethyl adjacent to an activating group) is 1. The van der Waals surface area contributed by atoms with Gasteiger partial charge in [-0.2, -0.15) is 0 Å². The topological polar surface area (TPSA) is 80.0 Å². The Balaban J connectivity index is 1.92. The van der Waals surface area contributed by atoms with Gasteiger partial charge >= 0.3 is 5.97 Å². The summed E-state index contributed by atoms with van der Waals surface area (Å²) < 4.78 is 11.6. The van der Waals surface area contributed by atoms with Gasteiger partial charge < -0.3 is 19.2 Å². The van der Waals surface area contributed by atoms with Gasteiger partial charge in [0.05, 0.1) is 11.8 Å². The highest BCUT2D eigenvalue weighted by molar-refractivity contribution is 5.85. The van der Waals surface area contributed by atoms with Crippen LogP contribution in [0.4, 0.5) is 0 Å². The van der Waals surface area contributed by atoms with Gasteiger partial charge in [0.1, 0.15) is 23.7 Å². The number of carbonyl (C=O) groups is 1. The van der Waals surface area contributed by atoms with Gasteiger partial charge in [0, 0.05) is 23.7 Å². The Morgan fingerprint density at radius 1 is 1.15 bits per heavy atom. The maximum atomic E-state index is 12.4. The second-order valence-corrected chi connectivity index (χ2v) is 6.52. The second kappa shape index (κ2) is 8.05. The summed E-state index contributed by atoms with van der Waals surface area (Å²) in [6.07, 6.45) is -0.206. The number of aliphatic carboxylic acids is 1. The van der Waals surface area contributed by atoms with Gasteiger partial charge in [-0.05, 0) is 44.4 Å². The van der Waals surface area contributed by atoms with Gasteiger partial charge in [-0.15, -0.1) is 0 Å². The molecule has 6 heteroatoms. The molecule has 6 nitrogen and oxygen atoms in total. The third-order valence-corrected chi connectivity index (χ3v) is 4.12. The van der Waals surface area contributed by atoms with Crippen LogP contribution < -0.4 is 10.2 Å². The summed E-state index contributed by atoms with van der Waals surface area (Å²) in [6.45, 7) is 1.39. The van der Waals surface area contributed by atoms with Crippen LogP contribution in [0.3, 0.4) is 0 Å². The highest BCUT2D eigenvalue weighted by Crippen LogP contribution is 2.26. The summed E-state index contributed by atoms with van der Waals surface area (Å²) in [5.41, 5.74) is 1.31. The molecular formula is C21H21NO5. The minimum atomic E-state index is -0.977. The van der Waals surface area contributed by atoms with Gasteiger partial charge in [-0.3, -0.25) is 9.59 Å². The molecule has 0 saturated heterocycles. The van der Waals surface area contributed by atoms with Crippen molar-refractivity contribution in [1.82, 2.24) is 4.90 Å². The van der Waals surface area contributed by atoms with Crippen molar-refractivity contribution in [3.63, 3.8) is 0 Å². The molecule has 0 radical (unpaired) electrons. The van der Waals surface area contributed by atoms with Gasteiger partial charge in [0.25, 0.3) is 0 Å². The molecule has 140 valence electrons. The van der Waals surface area contributed by atoms with Crippen molar-refractivity contribution < 1.29 is 19.1 Å². The lowest BCUT2D eigenvalue weighted by Gasteiger charge is -2.11. The summed E-state index contributed by atoms with van der Waals surface area (Å²) >= 11 is 0. The molecule has 2 aromatic carbocycles. The summed E-state index contributed by atoms with van der Waals surface area (Å²) in [5, 5.41) is 9.46. The van der Waals surface area contributed by atoms with Crippen molar-refractivity contribution in [2.24, 2.45) is 0 Å². The monoisotopic (exact) mass is 367 g/mol. The zero-order chi connectivity index (χ0) is 19.4. The number of para-hydroxylation sites is 1. The lowest BCUT2D eigenvalue weighted by atomic mass is 10.1. The number of carboxylic acids is 1. The van der Waals surface area contributed by atoms with E-state index in [9.17, 15) is 9.59 Å². The fourth-order valence-electron chi connectivity index (χ4n) is 2.74. The third kappa shape index (κ3) is 4.54. The molecule has 0 saturated carbocycles. The smallest absolute Gasteiger partial charge is 0.307 e. The zero-order valence-corrected chi connectivity index (χ0v) is 15.3. The molecule has 0 amide bonds. The van der Waals surface area contributed by atoms with Crippen LogP contribution in [-0.4, -0.2) is 43.2 Å². The van der Waals surface area contributed by atoms with E-state index in [0.717, 1.165) is 17.9 Å². The normalized spacial score (nSPS) is 11.1. The molecule has 1 heterocycles. The largest absolute Gasteiger partial charge is 0.492 e. The first-order chi connectivity index (χ1) is 12.9. The molecule has 3 rings (SSSR count). The number of hydrogen-bond donors (Lipinski definition) is 1. The van der Waals surface area contributed by atoms with Gasteiger partial charge in [0.15, 0.2) is 5.43 Å². The maximum Gasteiger partial charge on any atom is 0.307 e. The number of carboxylic acid groups (broad SMARTS) is 1. The van der Waals surface area contributed by atoms with E-state index in [1.165, 1.54) is 6.07 Å². The van der Waals surface area contributed by atoms with E-state index >= 15 is 0 Å². The molecule has 0 unspecified atom stereocenters. The lowest BCUT2D eigenvalue weighted by Crippen LogP contribution is -2.19. The predicted molar refractivity (Wildman–Crippen MR) is 103 cm³/mol. The average Bonchev–Trinajstić information content (AvgIpc) is 2.62. The molecule has 0 aliphatic rings. The van der Waals surface area contributed by atoms with Crippen LogP contribution in [0.2, 0.25) is 0 Å². The van der Waals surface area contributed by atoms with E-state index in [-0.39, 0.29) is 11.8 Å². The first-order valence-electron chi connectivity index (χ1n) is 8.59. The minimum Gasteiger partial charge on any atom is -0.492 e. The van der Waals surface area contributed by atoms with E-state index in [1.807, 2.05) is 43.3 Å². The Morgan fingerprint density at radius 2 is 1.89 bits per heavy atom. The quantitative estimate of drug-likeness (QED) is 0.691. The van der Waals surface area contributed by atoms with Crippen LogP contribution in [0.1, 0.15) is 5.56 Å². The third-order valence-electron chi connectivity index (χ3n) is 4.12. The number of benzene rings is 2. The average molecular weight is 367 g/mol. The number of hydrogen-bond acceptors (Lipinski definition) is 5. The summed E-state index contributed by atoms with van der Waals surface area (Å²) in [5.74, 6) is 0.148. The fraction of sp³-hybridized carbons (Fsp3) is 0.238. The van der Waals surface area contributed by atoms with Crippen LogP contribution in [0, 0.1) is 0 Å². The molecule has 0 fully saturated rings. The number of ether oxygens (including phenoxy) is 1. The Morgan fingerprint density at radius 3 is 2.56 bits per heavy atom. The van der Waals surface area contributed by atoms with Crippen LogP contribution in [0.5, 0.6) is 5.75 Å². The standard InChI is InChI=1S/C21H21NO5/c1-22(2)10-11-26-16-8-6-14(7-9-16)19-13-18(23)17-5-3-4-15(12-20(24)25)21(17)27-19/h3-9,13H,10-12H2,1-2H3,(H,24,25).